The fourth-order valence-electron chi connectivity index (χ4n) is 4.32. The van der Waals surface area contributed by atoms with Crippen LogP contribution in [0, 0.1) is 0 Å². The summed E-state index contributed by atoms with van der Waals surface area (Å²) in [6.45, 7) is 0. The van der Waals surface area contributed by atoms with Gasteiger partial charge >= 0.3 is 6.18 Å². The molecular formula is C24H20F4N4O. The van der Waals surface area contributed by atoms with Crippen LogP contribution >= 0.6 is 0 Å². The summed E-state index contributed by atoms with van der Waals surface area (Å²) in [6.07, 6.45) is 0.606. The lowest BCUT2D eigenvalue weighted by Gasteiger charge is -2.32. The predicted octanol–water partition coefficient (Wildman–Crippen LogP) is 4.93. The lowest BCUT2D eigenvalue weighted by Crippen LogP contribution is -2.36. The SMILES string of the molecule is NC(=O)C1=CC=C(n2nc(C(F)(F)F)cc2C2CC2)C(F)(Cc2ccc3ncccc3c2)C1. The summed E-state index contributed by atoms with van der Waals surface area (Å²) in [6, 6.07) is 9.88. The molecule has 1 amide bonds. The second kappa shape index (κ2) is 7.54. The van der Waals surface area contributed by atoms with E-state index in [-0.39, 0.29) is 30.0 Å². The maximum absolute atomic E-state index is 16.7. The Balaban J connectivity index is 1.60. The van der Waals surface area contributed by atoms with Gasteiger partial charge in [0.15, 0.2) is 11.4 Å². The molecule has 0 saturated heterocycles. The van der Waals surface area contributed by atoms with Gasteiger partial charge in [0.1, 0.15) is 0 Å². The van der Waals surface area contributed by atoms with Crippen molar-refractivity contribution < 1.29 is 22.4 Å². The molecule has 5 nitrogen and oxygen atoms in total. The van der Waals surface area contributed by atoms with Gasteiger partial charge in [0.25, 0.3) is 0 Å². The molecular weight excluding hydrogens is 436 g/mol. The first-order valence-electron chi connectivity index (χ1n) is 10.6. The highest BCUT2D eigenvalue weighted by molar-refractivity contribution is 5.94. The van der Waals surface area contributed by atoms with Crippen molar-refractivity contribution in [2.24, 2.45) is 5.73 Å². The van der Waals surface area contributed by atoms with Crippen molar-refractivity contribution in [2.45, 2.75) is 43.4 Å². The molecule has 9 heteroatoms. The normalized spacial score (nSPS) is 21.1. The standard InChI is InChI=1S/C24H20F4N4O/c25-23(12-14-3-7-18-16(10-14)2-1-9-30-18)13-17(22(29)33)6-8-21(23)32-19(15-4-5-15)11-20(31-32)24(26,27)28/h1-3,6-11,15H,4-5,12-13H2,(H2,29,33). The number of alkyl halides is 4. The zero-order chi connectivity index (χ0) is 23.4. The Morgan fingerprint density at radius 3 is 2.67 bits per heavy atom. The van der Waals surface area contributed by atoms with E-state index < -0.39 is 23.4 Å². The lowest BCUT2D eigenvalue weighted by atomic mass is 9.82. The topological polar surface area (TPSA) is 73.8 Å². The van der Waals surface area contributed by atoms with Crippen LogP contribution in [-0.4, -0.2) is 26.3 Å². The molecule has 33 heavy (non-hydrogen) atoms. The molecule has 1 unspecified atom stereocenters. The molecule has 1 aromatic carbocycles. The van der Waals surface area contributed by atoms with Crippen molar-refractivity contribution in [2.75, 3.05) is 0 Å². The number of amides is 1. The molecule has 5 rings (SSSR count). The molecule has 1 fully saturated rings. The van der Waals surface area contributed by atoms with Crippen molar-refractivity contribution in [3.05, 3.63) is 77.3 Å². The largest absolute Gasteiger partial charge is 0.435 e. The second-order valence-electron chi connectivity index (χ2n) is 8.60. The van der Waals surface area contributed by atoms with Gasteiger partial charge in [-0.15, -0.1) is 0 Å². The van der Waals surface area contributed by atoms with E-state index in [0.29, 0.717) is 11.3 Å². The van der Waals surface area contributed by atoms with Crippen molar-refractivity contribution in [3.63, 3.8) is 0 Å². The number of hydrogen-bond donors (Lipinski definition) is 1. The quantitative estimate of drug-likeness (QED) is 0.553. The van der Waals surface area contributed by atoms with E-state index in [1.165, 1.54) is 12.2 Å². The number of hydrogen-bond acceptors (Lipinski definition) is 3. The molecule has 2 N–H and O–H groups in total. The maximum Gasteiger partial charge on any atom is 0.435 e. The first-order chi connectivity index (χ1) is 15.6. The minimum atomic E-state index is -4.65. The molecule has 3 aromatic rings. The van der Waals surface area contributed by atoms with Crippen LogP contribution in [0.1, 0.15) is 42.1 Å². The highest BCUT2D eigenvalue weighted by Gasteiger charge is 2.44. The number of pyridine rings is 1. The number of benzene rings is 1. The van der Waals surface area contributed by atoms with Crippen LogP contribution in [0.25, 0.3) is 16.6 Å². The number of nitrogens with zero attached hydrogens (tertiary/aromatic N) is 3. The number of halogens is 4. The van der Waals surface area contributed by atoms with Gasteiger partial charge in [-0.25, -0.2) is 9.07 Å². The van der Waals surface area contributed by atoms with Gasteiger partial charge in [0.2, 0.25) is 5.91 Å². The molecule has 170 valence electrons. The zero-order valence-corrected chi connectivity index (χ0v) is 17.4. The molecule has 0 aliphatic heterocycles. The van der Waals surface area contributed by atoms with Crippen LogP contribution in [0.15, 0.2) is 60.3 Å². The van der Waals surface area contributed by atoms with Gasteiger partial charge in [0, 0.05) is 41.6 Å². The van der Waals surface area contributed by atoms with E-state index in [4.69, 9.17) is 5.73 Å². The molecule has 0 bridgehead atoms. The highest BCUT2D eigenvalue weighted by Crippen LogP contribution is 2.46. The van der Waals surface area contributed by atoms with Gasteiger partial charge in [-0.1, -0.05) is 18.2 Å². The van der Waals surface area contributed by atoms with Gasteiger partial charge in [-0.05, 0) is 48.7 Å². The van der Waals surface area contributed by atoms with Gasteiger partial charge < -0.3 is 5.73 Å². The Kier molecular flexibility index (Phi) is 4.88. The summed E-state index contributed by atoms with van der Waals surface area (Å²) < 4.78 is 58.1. The zero-order valence-electron chi connectivity index (χ0n) is 17.4. The number of fused-ring (bicyclic) bond motifs is 1. The van der Waals surface area contributed by atoms with Gasteiger partial charge in [0.05, 0.1) is 11.2 Å². The number of rotatable bonds is 5. The average molecular weight is 456 g/mol. The number of nitrogens with two attached hydrogens (primary N) is 1. The van der Waals surface area contributed by atoms with E-state index in [0.717, 1.165) is 34.5 Å². The summed E-state index contributed by atoms with van der Waals surface area (Å²) in [7, 11) is 0. The summed E-state index contributed by atoms with van der Waals surface area (Å²) >= 11 is 0. The summed E-state index contributed by atoms with van der Waals surface area (Å²) in [4.78, 5) is 16.1. The Morgan fingerprint density at radius 1 is 1.18 bits per heavy atom. The predicted molar refractivity (Wildman–Crippen MR) is 115 cm³/mol. The Bertz CT molecular complexity index is 1320. The molecule has 2 aromatic heterocycles. The maximum atomic E-state index is 16.7. The fourth-order valence-corrected chi connectivity index (χ4v) is 4.32. The minimum absolute atomic E-state index is 0.0313. The molecule has 2 heterocycles. The summed E-state index contributed by atoms with van der Waals surface area (Å²) in [5, 5.41) is 4.56. The van der Waals surface area contributed by atoms with Crippen LogP contribution in [-0.2, 0) is 17.4 Å². The number of carbonyl (C=O) groups is 1. The highest BCUT2D eigenvalue weighted by atomic mass is 19.4. The Hall–Kier alpha value is -3.49. The van der Waals surface area contributed by atoms with Crippen LogP contribution in [0.2, 0.25) is 0 Å². The van der Waals surface area contributed by atoms with E-state index in [2.05, 4.69) is 10.1 Å². The monoisotopic (exact) mass is 456 g/mol. The van der Waals surface area contributed by atoms with E-state index in [1.54, 1.807) is 30.5 Å². The lowest BCUT2D eigenvalue weighted by molar-refractivity contribution is -0.141. The van der Waals surface area contributed by atoms with Crippen LogP contribution in [0.3, 0.4) is 0 Å². The van der Waals surface area contributed by atoms with Crippen LogP contribution in [0.5, 0.6) is 0 Å². The summed E-state index contributed by atoms with van der Waals surface area (Å²) in [5.74, 6) is -0.874. The van der Waals surface area contributed by atoms with Gasteiger partial charge in [-0.2, -0.15) is 18.3 Å². The number of primary amides is 1. The molecule has 1 atom stereocenters. The fraction of sp³-hybridized carbons (Fsp3) is 0.292. The van der Waals surface area contributed by atoms with E-state index in [9.17, 15) is 18.0 Å². The van der Waals surface area contributed by atoms with Crippen molar-refractivity contribution in [1.82, 2.24) is 14.8 Å². The van der Waals surface area contributed by atoms with Crippen molar-refractivity contribution in [1.29, 1.82) is 0 Å². The third-order valence-corrected chi connectivity index (χ3v) is 6.09. The molecule has 0 radical (unpaired) electrons. The molecule has 0 spiro atoms. The van der Waals surface area contributed by atoms with E-state index in [1.807, 2.05) is 6.07 Å². The number of allylic oxidation sites excluding steroid dienone is 3. The average Bonchev–Trinajstić information content (AvgIpc) is 3.50. The first kappa shape index (κ1) is 21.4. The Morgan fingerprint density at radius 2 is 1.97 bits per heavy atom. The van der Waals surface area contributed by atoms with Crippen molar-refractivity contribution >= 4 is 22.5 Å². The van der Waals surface area contributed by atoms with Crippen molar-refractivity contribution in [3.8, 4) is 0 Å². The molecule has 2 aliphatic rings. The van der Waals surface area contributed by atoms with E-state index >= 15 is 4.39 Å². The summed E-state index contributed by atoms with van der Waals surface area (Å²) in [5.41, 5.74) is 3.88. The number of carbonyl (C=O) groups excluding carboxylic acids is 1. The minimum Gasteiger partial charge on any atom is -0.366 e. The van der Waals surface area contributed by atoms with Gasteiger partial charge in [-0.3, -0.25) is 9.78 Å². The van der Waals surface area contributed by atoms with Crippen LogP contribution in [0.4, 0.5) is 17.6 Å². The second-order valence-corrected chi connectivity index (χ2v) is 8.60. The first-order valence-corrected chi connectivity index (χ1v) is 10.6. The molecule has 2 aliphatic carbocycles. The smallest absolute Gasteiger partial charge is 0.366 e. The Labute approximate surface area is 186 Å². The third kappa shape index (κ3) is 4.03. The third-order valence-electron chi connectivity index (χ3n) is 6.09. The number of aromatic nitrogens is 3. The van der Waals surface area contributed by atoms with Crippen LogP contribution < -0.4 is 5.73 Å². The molecule has 1 saturated carbocycles.